The summed E-state index contributed by atoms with van der Waals surface area (Å²) in [7, 11) is 0. The third kappa shape index (κ3) is 1.63. The lowest BCUT2D eigenvalue weighted by atomic mass is 9.59. The van der Waals surface area contributed by atoms with Gasteiger partial charge in [-0.2, -0.15) is 0 Å². The predicted octanol–water partition coefficient (Wildman–Crippen LogP) is 1.84. The molecule has 0 heterocycles. The zero-order valence-electron chi connectivity index (χ0n) is 14.9. The van der Waals surface area contributed by atoms with Crippen molar-refractivity contribution in [1.82, 2.24) is 0 Å². The third-order valence-electron chi connectivity index (χ3n) is 7.74. The Hall–Kier alpha value is -0.970. The fourth-order valence-electron chi connectivity index (χ4n) is 6.46. The van der Waals surface area contributed by atoms with Gasteiger partial charge < -0.3 is 15.3 Å². The van der Waals surface area contributed by atoms with Gasteiger partial charge in [-0.05, 0) is 42.1 Å². The molecule has 4 aliphatic rings. The molecule has 4 aliphatic carbocycles. The van der Waals surface area contributed by atoms with Crippen molar-refractivity contribution in [1.29, 1.82) is 0 Å². The molecule has 0 aliphatic heterocycles. The van der Waals surface area contributed by atoms with E-state index in [2.05, 4.69) is 13.8 Å². The monoisotopic (exact) mass is 332 g/mol. The van der Waals surface area contributed by atoms with Gasteiger partial charge in [-0.15, -0.1) is 0 Å². The molecule has 4 nitrogen and oxygen atoms in total. The summed E-state index contributed by atoms with van der Waals surface area (Å²) in [5, 5.41) is 32.3. The van der Waals surface area contributed by atoms with Gasteiger partial charge in [0.05, 0.1) is 12.0 Å². The fourth-order valence-corrected chi connectivity index (χ4v) is 6.46. The highest BCUT2D eigenvalue weighted by atomic mass is 16.3. The van der Waals surface area contributed by atoms with Crippen LogP contribution >= 0.6 is 0 Å². The molecule has 0 saturated heterocycles. The summed E-state index contributed by atoms with van der Waals surface area (Å²) in [4.78, 5) is 13.7. The number of carbonyl (C=O) groups is 1. The second-order valence-corrected chi connectivity index (χ2v) is 9.24. The van der Waals surface area contributed by atoms with E-state index in [0.29, 0.717) is 11.5 Å². The van der Waals surface area contributed by atoms with Crippen LogP contribution in [0.4, 0.5) is 0 Å². The second-order valence-electron chi connectivity index (χ2n) is 9.24. The van der Waals surface area contributed by atoms with Crippen LogP contribution in [-0.2, 0) is 4.79 Å². The lowest BCUT2D eigenvalue weighted by Crippen LogP contribution is -2.60. The summed E-state index contributed by atoms with van der Waals surface area (Å²) in [5.74, 6) is 0.355. The van der Waals surface area contributed by atoms with Crippen molar-refractivity contribution in [2.75, 3.05) is 6.61 Å². The second kappa shape index (κ2) is 4.60. The van der Waals surface area contributed by atoms with E-state index in [0.717, 1.165) is 12.0 Å². The molecule has 132 valence electrons. The quantitative estimate of drug-likeness (QED) is 0.640. The normalized spacial score (nSPS) is 51.8. The van der Waals surface area contributed by atoms with Crippen LogP contribution in [0.25, 0.3) is 0 Å². The number of carbonyl (C=O) groups excluding carboxylic acids is 1. The first-order valence-corrected chi connectivity index (χ1v) is 9.05. The van der Waals surface area contributed by atoms with Gasteiger partial charge in [-0.25, -0.2) is 0 Å². The lowest BCUT2D eigenvalue weighted by molar-refractivity contribution is -0.164. The number of ketones is 1. The number of fused-ring (bicyclic) bond motifs is 3. The van der Waals surface area contributed by atoms with E-state index in [1.54, 1.807) is 6.08 Å². The molecule has 3 N–H and O–H groups in total. The van der Waals surface area contributed by atoms with Crippen molar-refractivity contribution in [2.24, 2.45) is 34.5 Å². The van der Waals surface area contributed by atoms with Gasteiger partial charge in [-0.1, -0.05) is 38.5 Å². The number of hydrogen-bond donors (Lipinski definition) is 3. The molecule has 2 fully saturated rings. The largest absolute Gasteiger partial charge is 0.392 e. The van der Waals surface area contributed by atoms with Crippen LogP contribution in [0.5, 0.6) is 0 Å². The van der Waals surface area contributed by atoms with Gasteiger partial charge in [0.25, 0.3) is 0 Å². The van der Waals surface area contributed by atoms with Crippen LogP contribution in [0.15, 0.2) is 23.3 Å². The van der Waals surface area contributed by atoms with Crippen molar-refractivity contribution >= 4 is 5.78 Å². The number of rotatable bonds is 1. The number of aliphatic hydroxyl groups is 3. The average Bonchev–Trinajstić information content (AvgIpc) is 2.94. The molecule has 0 aromatic heterocycles. The van der Waals surface area contributed by atoms with Crippen LogP contribution in [-0.4, -0.2) is 39.4 Å². The molecule has 2 bridgehead atoms. The molecule has 2 saturated carbocycles. The topological polar surface area (TPSA) is 77.8 Å². The highest BCUT2D eigenvalue weighted by Gasteiger charge is 2.73. The van der Waals surface area contributed by atoms with E-state index in [-0.39, 0.29) is 42.0 Å². The number of hydrogen-bond acceptors (Lipinski definition) is 4. The van der Waals surface area contributed by atoms with E-state index in [1.807, 2.05) is 19.9 Å². The zero-order valence-corrected chi connectivity index (χ0v) is 14.9. The van der Waals surface area contributed by atoms with Gasteiger partial charge in [0.1, 0.15) is 11.7 Å². The minimum Gasteiger partial charge on any atom is -0.392 e. The van der Waals surface area contributed by atoms with E-state index < -0.39 is 17.1 Å². The smallest absolute Gasteiger partial charge is 0.153 e. The number of Topliss-reactive ketones (excluding diaryl/α,β-unsaturated/α-hetero) is 1. The molecule has 0 amide bonds. The third-order valence-corrected chi connectivity index (χ3v) is 7.74. The molecule has 0 aromatic carbocycles. The molecule has 24 heavy (non-hydrogen) atoms. The number of allylic oxidation sites excluding steroid dienone is 1. The van der Waals surface area contributed by atoms with Crippen LogP contribution in [0.1, 0.15) is 40.5 Å². The SMILES string of the molecule is CC1=C[C@]23C(=O)[C@@H](C=C(CO)[C@@H](O)[C@]2(O)C1)C1C(C[C@H]3C)C1(C)C. The average molecular weight is 332 g/mol. The minimum atomic E-state index is -1.54. The van der Waals surface area contributed by atoms with Crippen LogP contribution in [0.2, 0.25) is 0 Å². The van der Waals surface area contributed by atoms with Gasteiger partial charge in [0, 0.05) is 12.3 Å². The first kappa shape index (κ1) is 16.5. The Bertz CT molecular complexity index is 675. The molecule has 2 unspecified atom stereocenters. The molecule has 0 aromatic rings. The van der Waals surface area contributed by atoms with Gasteiger partial charge in [-0.3, -0.25) is 4.79 Å². The molecule has 1 spiro atoms. The number of aliphatic hydroxyl groups excluding tert-OH is 2. The molecule has 4 heteroatoms. The summed E-state index contributed by atoms with van der Waals surface area (Å²) in [6, 6.07) is 0. The van der Waals surface area contributed by atoms with Crippen LogP contribution in [0.3, 0.4) is 0 Å². The van der Waals surface area contributed by atoms with Crippen molar-refractivity contribution < 1.29 is 20.1 Å². The summed E-state index contributed by atoms with van der Waals surface area (Å²) >= 11 is 0. The highest BCUT2D eigenvalue weighted by molar-refractivity contribution is 5.95. The maximum absolute atomic E-state index is 13.7. The Labute approximate surface area is 143 Å². The van der Waals surface area contributed by atoms with E-state index >= 15 is 0 Å². The molecule has 0 radical (unpaired) electrons. The summed E-state index contributed by atoms with van der Waals surface area (Å²) in [5.41, 5.74) is -1.14. The Balaban J connectivity index is 1.97. The van der Waals surface area contributed by atoms with Crippen molar-refractivity contribution in [3.8, 4) is 0 Å². The Kier molecular flexibility index (Phi) is 3.16. The zero-order chi connectivity index (χ0) is 17.7. The highest BCUT2D eigenvalue weighted by Crippen LogP contribution is 2.71. The summed E-state index contributed by atoms with van der Waals surface area (Å²) < 4.78 is 0. The van der Waals surface area contributed by atoms with E-state index in [4.69, 9.17) is 0 Å². The maximum atomic E-state index is 13.7. The Morgan fingerprint density at radius 3 is 2.62 bits per heavy atom. The van der Waals surface area contributed by atoms with E-state index in [9.17, 15) is 20.1 Å². The van der Waals surface area contributed by atoms with Crippen molar-refractivity contribution in [3.63, 3.8) is 0 Å². The standard InChI is InChI=1S/C20H28O4/c1-10-7-19-11(2)5-14-15(18(14,3)4)13(17(19)23)6-12(9-21)16(22)20(19,24)8-10/h6-7,11,13-16,21-22,24H,5,8-9H2,1-4H3/t11-,13+,14?,15?,16-,19+,20-/m1/s1. The minimum absolute atomic E-state index is 0.0344. The van der Waals surface area contributed by atoms with E-state index in [1.165, 1.54) is 0 Å². The Morgan fingerprint density at radius 2 is 2.00 bits per heavy atom. The van der Waals surface area contributed by atoms with Crippen molar-refractivity contribution in [2.45, 2.75) is 52.2 Å². The summed E-state index contributed by atoms with van der Waals surface area (Å²) in [6.07, 6.45) is 3.68. The van der Waals surface area contributed by atoms with Gasteiger partial charge >= 0.3 is 0 Å². The first-order chi connectivity index (χ1) is 11.1. The molecule has 7 atom stereocenters. The summed E-state index contributed by atoms with van der Waals surface area (Å²) in [6.45, 7) is 8.05. The first-order valence-electron chi connectivity index (χ1n) is 9.05. The van der Waals surface area contributed by atoms with Gasteiger partial charge in [0.15, 0.2) is 5.78 Å². The predicted molar refractivity (Wildman–Crippen MR) is 90.0 cm³/mol. The maximum Gasteiger partial charge on any atom is 0.153 e. The van der Waals surface area contributed by atoms with Crippen molar-refractivity contribution in [3.05, 3.63) is 23.3 Å². The van der Waals surface area contributed by atoms with Gasteiger partial charge in [0.2, 0.25) is 0 Å². The van der Waals surface area contributed by atoms with Crippen LogP contribution < -0.4 is 0 Å². The molecule has 4 rings (SSSR count). The van der Waals surface area contributed by atoms with Crippen LogP contribution in [0, 0.1) is 34.5 Å². The molecular weight excluding hydrogens is 304 g/mol. The molecular formula is C20H28O4. The fraction of sp³-hybridized carbons (Fsp3) is 0.750. The Morgan fingerprint density at radius 1 is 1.33 bits per heavy atom. The lowest BCUT2D eigenvalue weighted by Gasteiger charge is -2.47.